The normalized spacial score (nSPS) is 22.4. The summed E-state index contributed by atoms with van der Waals surface area (Å²) in [5.41, 5.74) is 7.12. The van der Waals surface area contributed by atoms with Crippen LogP contribution in [-0.4, -0.2) is 29.0 Å². The molecule has 0 amide bonds. The van der Waals surface area contributed by atoms with Crippen molar-refractivity contribution in [1.29, 1.82) is 0 Å². The average molecular weight is 225 g/mol. The van der Waals surface area contributed by atoms with Gasteiger partial charge in [0, 0.05) is 24.5 Å². The van der Waals surface area contributed by atoms with Crippen LogP contribution in [0.25, 0.3) is 0 Å². The van der Waals surface area contributed by atoms with E-state index in [1.165, 1.54) is 17.1 Å². The van der Waals surface area contributed by atoms with Crippen LogP contribution >= 0.6 is 11.3 Å². The number of hydrogen-bond acceptors (Lipinski definition) is 4. The van der Waals surface area contributed by atoms with Gasteiger partial charge in [-0.1, -0.05) is 13.3 Å². The summed E-state index contributed by atoms with van der Waals surface area (Å²) in [6.45, 7) is 5.34. The third-order valence-corrected chi connectivity index (χ3v) is 3.66. The minimum absolute atomic E-state index is 0.375. The van der Waals surface area contributed by atoms with Gasteiger partial charge in [-0.25, -0.2) is 4.98 Å². The van der Waals surface area contributed by atoms with Crippen molar-refractivity contribution in [3.8, 4) is 0 Å². The summed E-state index contributed by atoms with van der Waals surface area (Å²) in [5.74, 6) is 0. The summed E-state index contributed by atoms with van der Waals surface area (Å²) in [6, 6.07) is 0.375. The zero-order valence-corrected chi connectivity index (χ0v) is 10.1. The molecule has 0 unspecified atom stereocenters. The van der Waals surface area contributed by atoms with E-state index in [-0.39, 0.29) is 0 Å². The Morgan fingerprint density at radius 1 is 1.67 bits per heavy atom. The summed E-state index contributed by atoms with van der Waals surface area (Å²) in [7, 11) is 0. The van der Waals surface area contributed by atoms with Crippen LogP contribution in [-0.2, 0) is 13.0 Å². The highest BCUT2D eigenvalue weighted by Gasteiger charge is 2.19. The highest BCUT2D eigenvalue weighted by molar-refractivity contribution is 7.09. The van der Waals surface area contributed by atoms with E-state index in [0.29, 0.717) is 6.04 Å². The van der Waals surface area contributed by atoms with Crippen LogP contribution in [0.2, 0.25) is 0 Å². The van der Waals surface area contributed by atoms with Crippen molar-refractivity contribution < 1.29 is 0 Å². The smallest absolute Gasteiger partial charge is 0.107 e. The lowest BCUT2D eigenvalue weighted by molar-refractivity contribution is 0.326. The van der Waals surface area contributed by atoms with Crippen LogP contribution < -0.4 is 5.73 Å². The van der Waals surface area contributed by atoms with Gasteiger partial charge in [-0.3, -0.25) is 4.90 Å². The largest absolute Gasteiger partial charge is 0.326 e. The van der Waals surface area contributed by atoms with Crippen LogP contribution in [0.5, 0.6) is 0 Å². The Balaban J connectivity index is 1.87. The Morgan fingerprint density at radius 3 is 3.20 bits per heavy atom. The molecule has 4 heteroatoms. The van der Waals surface area contributed by atoms with E-state index in [0.717, 1.165) is 32.5 Å². The first-order chi connectivity index (χ1) is 7.28. The van der Waals surface area contributed by atoms with E-state index in [4.69, 9.17) is 5.73 Å². The molecule has 0 aromatic carbocycles. The number of nitrogens with zero attached hydrogens (tertiary/aromatic N) is 2. The van der Waals surface area contributed by atoms with Crippen molar-refractivity contribution in [3.05, 3.63) is 16.1 Å². The van der Waals surface area contributed by atoms with Crippen LogP contribution in [0.1, 0.15) is 30.5 Å². The summed E-state index contributed by atoms with van der Waals surface area (Å²) in [6.07, 6.45) is 3.42. The molecule has 0 radical (unpaired) electrons. The lowest BCUT2D eigenvalue weighted by Crippen LogP contribution is -2.26. The van der Waals surface area contributed by atoms with Gasteiger partial charge in [0.1, 0.15) is 5.01 Å². The average Bonchev–Trinajstić information content (AvgIpc) is 2.78. The molecule has 1 aromatic rings. The summed E-state index contributed by atoms with van der Waals surface area (Å²) in [5, 5.41) is 3.43. The van der Waals surface area contributed by atoms with Gasteiger partial charge < -0.3 is 5.73 Å². The van der Waals surface area contributed by atoms with Crippen molar-refractivity contribution in [2.45, 2.75) is 38.8 Å². The fourth-order valence-corrected chi connectivity index (χ4v) is 2.86. The Kier molecular flexibility index (Phi) is 3.72. The second-order valence-corrected chi connectivity index (χ2v) is 5.21. The third-order valence-electron chi connectivity index (χ3n) is 2.77. The fourth-order valence-electron chi connectivity index (χ4n) is 1.99. The van der Waals surface area contributed by atoms with Gasteiger partial charge in [0.05, 0.1) is 12.2 Å². The summed E-state index contributed by atoms with van der Waals surface area (Å²) >= 11 is 1.78. The van der Waals surface area contributed by atoms with Gasteiger partial charge in [-0.2, -0.15) is 0 Å². The third kappa shape index (κ3) is 3.00. The highest BCUT2D eigenvalue weighted by atomic mass is 32.1. The molecule has 1 atom stereocenters. The van der Waals surface area contributed by atoms with E-state index >= 15 is 0 Å². The number of aromatic nitrogens is 1. The molecule has 15 heavy (non-hydrogen) atoms. The maximum atomic E-state index is 5.87. The Morgan fingerprint density at radius 2 is 2.53 bits per heavy atom. The predicted octanol–water partition coefficient (Wildman–Crippen LogP) is 1.63. The molecule has 1 aliphatic rings. The van der Waals surface area contributed by atoms with Crippen molar-refractivity contribution in [2.24, 2.45) is 5.73 Å². The van der Waals surface area contributed by atoms with Gasteiger partial charge >= 0.3 is 0 Å². The quantitative estimate of drug-likeness (QED) is 0.847. The van der Waals surface area contributed by atoms with Crippen molar-refractivity contribution >= 4 is 11.3 Å². The Hall–Kier alpha value is -0.450. The van der Waals surface area contributed by atoms with Crippen LogP contribution in [0.4, 0.5) is 0 Å². The molecule has 0 saturated carbocycles. The molecular weight excluding hydrogens is 206 g/mol. The zero-order chi connectivity index (χ0) is 10.7. The lowest BCUT2D eigenvalue weighted by Gasteiger charge is -2.12. The molecule has 0 aliphatic carbocycles. The van der Waals surface area contributed by atoms with Gasteiger partial charge in [0.15, 0.2) is 0 Å². The van der Waals surface area contributed by atoms with Crippen molar-refractivity contribution in [2.75, 3.05) is 13.1 Å². The van der Waals surface area contributed by atoms with E-state index in [9.17, 15) is 0 Å². The van der Waals surface area contributed by atoms with Crippen LogP contribution in [0, 0.1) is 0 Å². The van der Waals surface area contributed by atoms with E-state index in [1.54, 1.807) is 11.3 Å². The molecule has 3 nitrogen and oxygen atoms in total. The van der Waals surface area contributed by atoms with E-state index in [1.807, 2.05) is 0 Å². The minimum Gasteiger partial charge on any atom is -0.326 e. The molecule has 1 saturated heterocycles. The highest BCUT2D eigenvalue weighted by Crippen LogP contribution is 2.16. The topological polar surface area (TPSA) is 42.1 Å². The van der Waals surface area contributed by atoms with Gasteiger partial charge in [-0.05, 0) is 12.8 Å². The van der Waals surface area contributed by atoms with E-state index in [2.05, 4.69) is 22.2 Å². The molecule has 2 heterocycles. The van der Waals surface area contributed by atoms with Crippen molar-refractivity contribution in [3.63, 3.8) is 0 Å². The second-order valence-electron chi connectivity index (χ2n) is 4.27. The Labute approximate surface area is 95.3 Å². The monoisotopic (exact) mass is 225 g/mol. The molecule has 1 fully saturated rings. The summed E-state index contributed by atoms with van der Waals surface area (Å²) < 4.78 is 0. The molecule has 0 spiro atoms. The second kappa shape index (κ2) is 5.05. The number of likely N-dealkylation sites (tertiary alicyclic amines) is 1. The van der Waals surface area contributed by atoms with E-state index < -0.39 is 0 Å². The molecule has 84 valence electrons. The lowest BCUT2D eigenvalue weighted by atomic mass is 10.3. The van der Waals surface area contributed by atoms with Gasteiger partial charge in [-0.15, -0.1) is 11.3 Å². The molecule has 1 aromatic heterocycles. The standard InChI is InChI=1S/C11H19N3S/c1-2-3-10-8-15-11(13-10)7-14-5-4-9(12)6-14/h8-9H,2-7,12H2,1H3/t9-/m0/s1. The van der Waals surface area contributed by atoms with Crippen LogP contribution in [0.3, 0.4) is 0 Å². The van der Waals surface area contributed by atoms with Crippen molar-refractivity contribution in [1.82, 2.24) is 9.88 Å². The molecule has 2 rings (SSSR count). The number of nitrogens with two attached hydrogens (primary N) is 1. The minimum atomic E-state index is 0.375. The molecular formula is C11H19N3S. The van der Waals surface area contributed by atoms with Gasteiger partial charge in [0.2, 0.25) is 0 Å². The molecule has 1 aliphatic heterocycles. The summed E-state index contributed by atoms with van der Waals surface area (Å²) in [4.78, 5) is 7.03. The molecule has 0 bridgehead atoms. The fraction of sp³-hybridized carbons (Fsp3) is 0.727. The first-order valence-electron chi connectivity index (χ1n) is 5.69. The number of rotatable bonds is 4. The Bertz CT molecular complexity index is 311. The number of hydrogen-bond donors (Lipinski definition) is 1. The predicted molar refractivity (Wildman–Crippen MR) is 64.0 cm³/mol. The SMILES string of the molecule is CCCc1csc(CN2CC[C@H](N)C2)n1. The first kappa shape index (κ1) is 11.0. The molecule has 2 N–H and O–H groups in total. The van der Waals surface area contributed by atoms with Crippen LogP contribution in [0.15, 0.2) is 5.38 Å². The van der Waals surface area contributed by atoms with Gasteiger partial charge in [0.25, 0.3) is 0 Å². The number of aryl methyl sites for hydroxylation is 1. The maximum absolute atomic E-state index is 5.87. The maximum Gasteiger partial charge on any atom is 0.107 e. The number of thiazole rings is 1. The zero-order valence-electron chi connectivity index (χ0n) is 9.28. The first-order valence-corrected chi connectivity index (χ1v) is 6.57.